The van der Waals surface area contributed by atoms with Crippen molar-refractivity contribution < 1.29 is 18.7 Å². The number of benzene rings is 1. The zero-order chi connectivity index (χ0) is 12.1. The van der Waals surface area contributed by atoms with E-state index in [4.69, 9.17) is 27.9 Å². The lowest BCUT2D eigenvalue weighted by Gasteiger charge is -2.12. The lowest BCUT2D eigenvalue weighted by atomic mass is 10.3. The average Bonchev–Trinajstić information content (AvgIpc) is 2.22. The van der Waals surface area contributed by atoms with Crippen molar-refractivity contribution in [2.45, 2.75) is 12.5 Å². The van der Waals surface area contributed by atoms with E-state index in [1.807, 2.05) is 0 Å². The average molecular weight is 267 g/mol. The molecule has 1 unspecified atom stereocenters. The summed E-state index contributed by atoms with van der Waals surface area (Å²) in [6.07, 6.45) is 0. The van der Waals surface area contributed by atoms with Crippen molar-refractivity contribution in [1.29, 1.82) is 0 Å². The molecule has 0 radical (unpaired) electrons. The van der Waals surface area contributed by atoms with Gasteiger partial charge in [0, 0.05) is 0 Å². The third-order valence-electron chi connectivity index (χ3n) is 1.60. The van der Waals surface area contributed by atoms with Gasteiger partial charge < -0.3 is 9.47 Å². The summed E-state index contributed by atoms with van der Waals surface area (Å²) < 4.78 is 22.3. The second-order valence-electron chi connectivity index (χ2n) is 2.76. The number of ether oxygens (including phenoxy) is 2. The van der Waals surface area contributed by atoms with Gasteiger partial charge >= 0.3 is 5.97 Å². The molecule has 0 aliphatic rings. The first-order chi connectivity index (χ1) is 7.54. The summed E-state index contributed by atoms with van der Waals surface area (Å²) in [5.74, 6) is -1.10. The molecular formula is C10H9Cl2FO3. The van der Waals surface area contributed by atoms with E-state index in [0.29, 0.717) is 0 Å². The number of esters is 1. The molecule has 0 bridgehead atoms. The van der Waals surface area contributed by atoms with Gasteiger partial charge in [0.05, 0.1) is 11.6 Å². The molecule has 1 aromatic carbocycles. The Hall–Kier alpha value is -1.00. The minimum absolute atomic E-state index is 0.0370. The number of carbonyl (C=O) groups is 1. The van der Waals surface area contributed by atoms with Crippen molar-refractivity contribution in [2.24, 2.45) is 0 Å². The van der Waals surface area contributed by atoms with Gasteiger partial charge in [-0.2, -0.15) is 0 Å². The van der Waals surface area contributed by atoms with Gasteiger partial charge in [-0.05, 0) is 25.1 Å². The van der Waals surface area contributed by atoms with Crippen LogP contribution in [-0.2, 0) is 9.53 Å². The van der Waals surface area contributed by atoms with Gasteiger partial charge in [-0.15, -0.1) is 0 Å². The van der Waals surface area contributed by atoms with E-state index < -0.39 is 17.3 Å². The SMILES string of the molecule is CCOC(=O)C(Cl)Oc1ccc(F)cc1Cl. The summed E-state index contributed by atoms with van der Waals surface area (Å²) in [6, 6.07) is 3.49. The first-order valence-corrected chi connectivity index (χ1v) is 5.28. The van der Waals surface area contributed by atoms with Crippen LogP contribution in [0.15, 0.2) is 18.2 Å². The predicted molar refractivity (Wildman–Crippen MR) is 58.3 cm³/mol. The van der Waals surface area contributed by atoms with Gasteiger partial charge in [0.25, 0.3) is 5.56 Å². The summed E-state index contributed by atoms with van der Waals surface area (Å²) >= 11 is 11.3. The predicted octanol–water partition coefficient (Wildman–Crippen LogP) is 2.99. The zero-order valence-corrected chi connectivity index (χ0v) is 9.89. The van der Waals surface area contributed by atoms with Crippen molar-refractivity contribution in [1.82, 2.24) is 0 Å². The van der Waals surface area contributed by atoms with Crippen LogP contribution < -0.4 is 4.74 Å². The Morgan fingerprint density at radius 1 is 1.56 bits per heavy atom. The van der Waals surface area contributed by atoms with Crippen LogP contribution in [0.25, 0.3) is 0 Å². The maximum Gasteiger partial charge on any atom is 0.363 e. The van der Waals surface area contributed by atoms with Crippen LogP contribution in [-0.4, -0.2) is 18.1 Å². The van der Waals surface area contributed by atoms with Crippen LogP contribution in [0.4, 0.5) is 4.39 Å². The summed E-state index contributed by atoms with van der Waals surface area (Å²) in [7, 11) is 0. The number of hydrogen-bond acceptors (Lipinski definition) is 3. The first kappa shape index (κ1) is 13.1. The smallest absolute Gasteiger partial charge is 0.363 e. The second kappa shape index (κ2) is 5.92. The number of hydrogen-bond donors (Lipinski definition) is 0. The number of rotatable bonds is 4. The van der Waals surface area contributed by atoms with Crippen LogP contribution in [0.1, 0.15) is 6.92 Å². The Labute approximate surface area is 102 Å². The van der Waals surface area contributed by atoms with Crippen LogP contribution >= 0.6 is 23.2 Å². The molecule has 88 valence electrons. The molecule has 16 heavy (non-hydrogen) atoms. The molecule has 0 aliphatic heterocycles. The van der Waals surface area contributed by atoms with E-state index in [2.05, 4.69) is 4.74 Å². The summed E-state index contributed by atoms with van der Waals surface area (Å²) in [5, 5.41) is 0.0370. The number of carbonyl (C=O) groups excluding carboxylic acids is 1. The molecule has 1 aromatic rings. The maximum atomic E-state index is 12.7. The van der Waals surface area contributed by atoms with Gasteiger partial charge in [0.1, 0.15) is 11.6 Å². The highest BCUT2D eigenvalue weighted by Crippen LogP contribution is 2.26. The van der Waals surface area contributed by atoms with Gasteiger partial charge in [0.2, 0.25) is 0 Å². The van der Waals surface area contributed by atoms with Gasteiger partial charge in [-0.3, -0.25) is 0 Å². The standard InChI is InChI=1S/C10H9Cl2FO3/c1-2-15-10(14)9(12)16-8-4-3-6(13)5-7(8)11/h3-5,9H,2H2,1H3. The lowest BCUT2D eigenvalue weighted by Crippen LogP contribution is -2.23. The fourth-order valence-electron chi connectivity index (χ4n) is 0.938. The highest BCUT2D eigenvalue weighted by Gasteiger charge is 2.19. The third kappa shape index (κ3) is 3.54. The quantitative estimate of drug-likeness (QED) is 0.621. The maximum absolute atomic E-state index is 12.7. The molecule has 0 fully saturated rings. The van der Waals surface area contributed by atoms with Crippen molar-refractivity contribution in [3.05, 3.63) is 29.0 Å². The highest BCUT2D eigenvalue weighted by atomic mass is 35.5. The van der Waals surface area contributed by atoms with E-state index >= 15 is 0 Å². The molecule has 0 heterocycles. The Morgan fingerprint density at radius 2 is 2.25 bits per heavy atom. The fourth-order valence-corrected chi connectivity index (χ4v) is 1.31. The van der Waals surface area contributed by atoms with Crippen LogP contribution in [0.5, 0.6) is 5.75 Å². The largest absolute Gasteiger partial charge is 0.462 e. The van der Waals surface area contributed by atoms with Gasteiger partial charge in [0.15, 0.2) is 0 Å². The minimum Gasteiger partial charge on any atom is -0.462 e. The molecule has 0 N–H and O–H groups in total. The van der Waals surface area contributed by atoms with Crippen LogP contribution in [0.3, 0.4) is 0 Å². The van der Waals surface area contributed by atoms with Gasteiger partial charge in [-0.25, -0.2) is 9.18 Å². The summed E-state index contributed by atoms with van der Waals surface area (Å²) in [6.45, 7) is 1.84. The molecule has 1 atom stereocenters. The minimum atomic E-state index is -1.30. The molecule has 0 saturated heterocycles. The van der Waals surface area contributed by atoms with E-state index in [1.165, 1.54) is 6.07 Å². The molecule has 1 rings (SSSR count). The normalized spacial score (nSPS) is 12.0. The van der Waals surface area contributed by atoms with E-state index in [1.54, 1.807) is 6.92 Å². The van der Waals surface area contributed by atoms with Crippen LogP contribution in [0.2, 0.25) is 5.02 Å². The molecule has 0 saturated carbocycles. The molecule has 6 heteroatoms. The first-order valence-electron chi connectivity index (χ1n) is 4.47. The van der Waals surface area contributed by atoms with E-state index in [-0.39, 0.29) is 17.4 Å². The second-order valence-corrected chi connectivity index (χ2v) is 3.56. The van der Waals surface area contributed by atoms with Crippen molar-refractivity contribution in [3.63, 3.8) is 0 Å². The van der Waals surface area contributed by atoms with E-state index in [0.717, 1.165) is 12.1 Å². The Morgan fingerprint density at radius 3 is 2.81 bits per heavy atom. The number of halogens is 3. The Kier molecular flexibility index (Phi) is 4.83. The Balaban J connectivity index is 2.69. The topological polar surface area (TPSA) is 35.5 Å². The van der Waals surface area contributed by atoms with Crippen molar-refractivity contribution in [3.8, 4) is 5.75 Å². The molecule has 0 aliphatic carbocycles. The van der Waals surface area contributed by atoms with Crippen molar-refractivity contribution >= 4 is 29.2 Å². The zero-order valence-electron chi connectivity index (χ0n) is 8.38. The lowest BCUT2D eigenvalue weighted by molar-refractivity contribution is -0.147. The molecule has 3 nitrogen and oxygen atoms in total. The fraction of sp³-hybridized carbons (Fsp3) is 0.300. The Bertz CT molecular complexity index is 384. The van der Waals surface area contributed by atoms with Gasteiger partial charge in [-0.1, -0.05) is 23.2 Å². The molecular weight excluding hydrogens is 258 g/mol. The summed E-state index contributed by atoms with van der Waals surface area (Å²) in [4.78, 5) is 11.1. The molecule has 0 aromatic heterocycles. The molecule has 0 spiro atoms. The van der Waals surface area contributed by atoms with Crippen molar-refractivity contribution in [2.75, 3.05) is 6.61 Å². The van der Waals surface area contributed by atoms with Crippen LogP contribution in [0, 0.1) is 5.82 Å². The highest BCUT2D eigenvalue weighted by molar-refractivity contribution is 6.32. The summed E-state index contributed by atoms with van der Waals surface area (Å²) in [5.41, 5.74) is -1.30. The third-order valence-corrected chi connectivity index (χ3v) is 2.16. The molecule has 0 amide bonds. The monoisotopic (exact) mass is 266 g/mol. The number of alkyl halides is 1. The van der Waals surface area contributed by atoms with E-state index in [9.17, 15) is 9.18 Å².